The first-order valence-corrected chi connectivity index (χ1v) is 16.6. The van der Waals surface area contributed by atoms with E-state index in [1.54, 1.807) is 48.1 Å². The minimum Gasteiger partial charge on any atom is -0.504 e. The second kappa shape index (κ2) is 20.1. The van der Waals surface area contributed by atoms with E-state index >= 15 is 0 Å². The molecule has 1 unspecified atom stereocenters. The van der Waals surface area contributed by atoms with E-state index in [0.717, 1.165) is 41.5 Å². The van der Waals surface area contributed by atoms with Gasteiger partial charge in [0, 0.05) is 24.4 Å². The molecule has 0 bridgehead atoms. The minimum atomic E-state index is 0.206. The molecule has 39 heavy (non-hydrogen) atoms. The lowest BCUT2D eigenvalue weighted by molar-refractivity contribution is -0.0290. The molecule has 218 valence electrons. The van der Waals surface area contributed by atoms with Crippen molar-refractivity contribution in [3.8, 4) is 11.5 Å². The monoisotopic (exact) mass is 576 g/mol. The maximum absolute atomic E-state index is 9.85. The molecule has 2 aliphatic rings. The number of nitrogens with zero attached hydrogens (tertiary/aromatic N) is 2. The van der Waals surface area contributed by atoms with Gasteiger partial charge < -0.3 is 19.3 Å². The molecule has 1 N–H and O–H groups in total. The highest BCUT2D eigenvalue weighted by Gasteiger charge is 2.32. The number of rotatable bonds is 12. The van der Waals surface area contributed by atoms with Gasteiger partial charge >= 0.3 is 0 Å². The van der Waals surface area contributed by atoms with Crippen molar-refractivity contribution < 1.29 is 19.3 Å². The van der Waals surface area contributed by atoms with Crippen LogP contribution >= 0.6 is 21.6 Å². The second-order valence-electron chi connectivity index (χ2n) is 9.33. The van der Waals surface area contributed by atoms with Gasteiger partial charge in [-0.3, -0.25) is 4.90 Å². The van der Waals surface area contributed by atoms with Crippen LogP contribution in [0.2, 0.25) is 0 Å². The summed E-state index contributed by atoms with van der Waals surface area (Å²) in [6.07, 6.45) is 11.7. The molecule has 2 fully saturated rings. The third kappa shape index (κ3) is 12.5. The van der Waals surface area contributed by atoms with E-state index in [1.165, 1.54) is 51.6 Å². The molecular formula is C31H48N2O4S2. The number of methoxy groups -OCH3 is 2. The second-order valence-corrected chi connectivity index (χ2v) is 11.8. The first-order valence-electron chi connectivity index (χ1n) is 14.2. The van der Waals surface area contributed by atoms with Crippen molar-refractivity contribution in [1.29, 1.82) is 0 Å². The Balaban J connectivity index is 0.000000287. The number of phenolic OH excluding ortho intramolecular Hbond substituents is 1. The number of aromatic hydroxyl groups is 1. The van der Waals surface area contributed by atoms with Crippen LogP contribution in [0.1, 0.15) is 64.4 Å². The highest BCUT2D eigenvalue weighted by Crippen LogP contribution is 2.31. The number of pyridine rings is 1. The molecule has 4 rings (SSSR count). The maximum Gasteiger partial charge on any atom is 0.160 e. The lowest BCUT2D eigenvalue weighted by Crippen LogP contribution is -2.45. The van der Waals surface area contributed by atoms with Crippen molar-refractivity contribution in [3.05, 3.63) is 60.5 Å². The molecule has 0 amide bonds. The van der Waals surface area contributed by atoms with E-state index < -0.39 is 0 Å². The van der Waals surface area contributed by atoms with Crippen molar-refractivity contribution in [2.24, 2.45) is 0 Å². The fourth-order valence-electron chi connectivity index (χ4n) is 4.74. The highest BCUT2D eigenvalue weighted by molar-refractivity contribution is 8.76. The molecule has 1 aromatic heterocycles. The van der Waals surface area contributed by atoms with Gasteiger partial charge in [0.05, 0.1) is 32.7 Å². The Bertz CT molecular complexity index is 926. The van der Waals surface area contributed by atoms with Gasteiger partial charge in [0.25, 0.3) is 0 Å². The maximum atomic E-state index is 9.85. The number of hydrogen-bond acceptors (Lipinski definition) is 8. The smallest absolute Gasteiger partial charge is 0.160 e. The minimum absolute atomic E-state index is 0.206. The fourth-order valence-corrected chi connectivity index (χ4v) is 6.65. The highest BCUT2D eigenvalue weighted by atomic mass is 33.1. The number of ether oxygens (including phenoxy) is 3. The van der Waals surface area contributed by atoms with Crippen molar-refractivity contribution in [3.63, 3.8) is 0 Å². The van der Waals surface area contributed by atoms with Crippen LogP contribution in [0.5, 0.6) is 11.5 Å². The van der Waals surface area contributed by atoms with Crippen molar-refractivity contribution in [2.75, 3.05) is 39.7 Å². The Morgan fingerprint density at radius 2 is 1.85 bits per heavy atom. The molecule has 0 radical (unpaired) electrons. The number of phenols is 1. The topological polar surface area (TPSA) is 64.0 Å². The van der Waals surface area contributed by atoms with Gasteiger partial charge in [-0.05, 0) is 85.8 Å². The largest absolute Gasteiger partial charge is 0.504 e. The van der Waals surface area contributed by atoms with Crippen LogP contribution in [-0.2, 0) is 15.9 Å². The van der Waals surface area contributed by atoms with Crippen LogP contribution in [0.4, 0.5) is 0 Å². The summed E-state index contributed by atoms with van der Waals surface area (Å²) in [6.45, 7) is 11.0. The van der Waals surface area contributed by atoms with E-state index in [4.69, 9.17) is 14.2 Å². The van der Waals surface area contributed by atoms with E-state index in [2.05, 4.69) is 16.5 Å². The zero-order chi connectivity index (χ0) is 28.3. The molecule has 1 saturated heterocycles. The van der Waals surface area contributed by atoms with Crippen LogP contribution in [0.15, 0.2) is 60.0 Å². The standard InChI is InChI=1S/C19H29NO3.C10H13NOS2.C2H6/c1-22-19-9-8-15(14-17(19)21)10-13-23-18-7-3-2-6-16(18)20-11-4-5-12-20;1-9(12-2)6-8-13-14-10-5-3-4-7-11-10;1-2/h8-9,14,16,18,21H,2-7,10-13H2,1H3;3-5,7H,1,6,8H2,2H3;1-2H3/t16-,18?;;/m1../s1. The van der Waals surface area contributed by atoms with Crippen molar-refractivity contribution in [1.82, 2.24) is 9.88 Å². The molecule has 2 heterocycles. The van der Waals surface area contributed by atoms with Crippen LogP contribution < -0.4 is 4.74 Å². The van der Waals surface area contributed by atoms with Gasteiger partial charge in [-0.15, -0.1) is 0 Å². The number of aromatic nitrogens is 1. The lowest BCUT2D eigenvalue weighted by atomic mass is 9.91. The summed E-state index contributed by atoms with van der Waals surface area (Å²) in [5, 5.41) is 10.9. The molecule has 2 aromatic rings. The molecule has 1 aliphatic carbocycles. The van der Waals surface area contributed by atoms with Crippen LogP contribution in [-0.4, -0.2) is 66.8 Å². The predicted molar refractivity (Wildman–Crippen MR) is 166 cm³/mol. The van der Waals surface area contributed by atoms with Crippen LogP contribution in [0.25, 0.3) is 0 Å². The summed E-state index contributed by atoms with van der Waals surface area (Å²) in [7, 11) is 6.67. The summed E-state index contributed by atoms with van der Waals surface area (Å²) in [5.74, 6) is 2.56. The Kier molecular flexibility index (Phi) is 17.2. The Hall–Kier alpha value is -1.87. The number of allylic oxidation sites excluding steroid dienone is 1. The molecule has 0 spiro atoms. The molecule has 6 nitrogen and oxygen atoms in total. The average molecular weight is 577 g/mol. The van der Waals surface area contributed by atoms with E-state index in [1.807, 2.05) is 44.2 Å². The molecule has 2 atom stereocenters. The van der Waals surface area contributed by atoms with Gasteiger partial charge in [-0.1, -0.05) is 56.2 Å². The van der Waals surface area contributed by atoms with Crippen molar-refractivity contribution in [2.45, 2.75) is 82.4 Å². The predicted octanol–water partition coefficient (Wildman–Crippen LogP) is 7.77. The fraction of sp³-hybridized carbons (Fsp3) is 0.581. The summed E-state index contributed by atoms with van der Waals surface area (Å²) in [6, 6.07) is 12.1. The quantitative estimate of drug-likeness (QED) is 0.156. The molecule has 8 heteroatoms. The first-order chi connectivity index (χ1) is 19.1. The van der Waals surface area contributed by atoms with Crippen molar-refractivity contribution >= 4 is 21.6 Å². The zero-order valence-electron chi connectivity index (χ0n) is 24.3. The third-order valence-corrected chi connectivity index (χ3v) is 9.04. The van der Waals surface area contributed by atoms with Gasteiger partial charge in [0.1, 0.15) is 5.03 Å². The molecule has 1 aromatic carbocycles. The zero-order valence-corrected chi connectivity index (χ0v) is 25.9. The molecular weight excluding hydrogens is 528 g/mol. The summed E-state index contributed by atoms with van der Waals surface area (Å²) >= 11 is 0. The van der Waals surface area contributed by atoms with E-state index in [9.17, 15) is 5.11 Å². The number of hydrogen-bond donors (Lipinski definition) is 1. The molecule has 1 saturated carbocycles. The SMILES string of the molecule is C=C(CCSSc1ccccn1)OC.CC.COc1ccc(CCOC2CCCC[C@H]2N2CCCC2)cc1O. The normalized spacial score (nSPS) is 18.8. The summed E-state index contributed by atoms with van der Waals surface area (Å²) in [5.41, 5.74) is 1.09. The van der Waals surface area contributed by atoms with E-state index in [-0.39, 0.29) is 5.75 Å². The first kappa shape index (κ1) is 33.3. The van der Waals surface area contributed by atoms with Gasteiger partial charge in [0.15, 0.2) is 11.5 Å². The number of benzene rings is 1. The summed E-state index contributed by atoms with van der Waals surface area (Å²) in [4.78, 5) is 6.85. The van der Waals surface area contributed by atoms with Gasteiger partial charge in [0.2, 0.25) is 0 Å². The number of likely N-dealkylation sites (tertiary alicyclic amines) is 1. The third-order valence-electron chi connectivity index (χ3n) is 6.78. The average Bonchev–Trinajstić information content (AvgIpc) is 3.53. The van der Waals surface area contributed by atoms with Gasteiger partial charge in [-0.2, -0.15) is 0 Å². The van der Waals surface area contributed by atoms with Crippen LogP contribution in [0.3, 0.4) is 0 Å². The Labute approximate surface area is 244 Å². The molecule has 1 aliphatic heterocycles. The van der Waals surface area contributed by atoms with E-state index in [0.29, 0.717) is 17.9 Å². The summed E-state index contributed by atoms with van der Waals surface area (Å²) < 4.78 is 16.3. The van der Waals surface area contributed by atoms with Crippen LogP contribution in [0, 0.1) is 0 Å². The Morgan fingerprint density at radius 3 is 2.51 bits per heavy atom. The Morgan fingerprint density at radius 1 is 1.08 bits per heavy atom. The lowest BCUT2D eigenvalue weighted by Gasteiger charge is -2.37. The van der Waals surface area contributed by atoms with Gasteiger partial charge in [-0.25, -0.2) is 4.98 Å².